The number of rotatable bonds is 9. The fourth-order valence-electron chi connectivity index (χ4n) is 4.36. The maximum absolute atomic E-state index is 13.6. The van der Waals surface area contributed by atoms with Gasteiger partial charge in [-0.25, -0.2) is 4.39 Å². The van der Waals surface area contributed by atoms with Gasteiger partial charge in [0.1, 0.15) is 24.8 Å². The number of fused-ring (bicyclic) bond motifs is 1. The van der Waals surface area contributed by atoms with Gasteiger partial charge in [0, 0.05) is 37.7 Å². The van der Waals surface area contributed by atoms with E-state index in [2.05, 4.69) is 0 Å². The lowest BCUT2D eigenvalue weighted by molar-refractivity contribution is -0.145. The number of methoxy groups -OCH3 is 1. The summed E-state index contributed by atoms with van der Waals surface area (Å²) in [4.78, 5) is 30.6. The molecule has 0 aliphatic carbocycles. The molecule has 9 heteroatoms. The Hall–Kier alpha value is -2.49. The molecular weight excluding hydrogens is 447 g/mol. The van der Waals surface area contributed by atoms with Crippen molar-refractivity contribution in [3.05, 3.63) is 52.0 Å². The molecule has 1 aromatic heterocycles. The van der Waals surface area contributed by atoms with Crippen molar-refractivity contribution >= 4 is 23.2 Å². The standard InChI is InChI=1S/C24H29FN2O5S/c1-30-16-24(29)26(13-19-6-3-10-31-19)14-23(28)27-9-7-22-20(8-11-33-22)21(27)15-32-18-5-2-4-17(25)12-18/h2,4-5,8,11-12,19,21H,3,6-7,9-10,13-16H2,1H3/t19-,21+/m0/s1. The van der Waals surface area contributed by atoms with Crippen molar-refractivity contribution in [1.29, 1.82) is 0 Å². The Labute approximate surface area is 197 Å². The second kappa shape index (κ2) is 11.1. The molecular formula is C24H29FN2O5S. The molecule has 2 aliphatic heterocycles. The first kappa shape index (κ1) is 23.7. The molecule has 2 aromatic rings. The lowest BCUT2D eigenvalue weighted by Gasteiger charge is -2.37. The van der Waals surface area contributed by atoms with Gasteiger partial charge >= 0.3 is 0 Å². The van der Waals surface area contributed by atoms with Crippen LogP contribution in [0.2, 0.25) is 0 Å². The Morgan fingerprint density at radius 2 is 2.21 bits per heavy atom. The highest BCUT2D eigenvalue weighted by Crippen LogP contribution is 2.34. The van der Waals surface area contributed by atoms with Crippen molar-refractivity contribution in [2.24, 2.45) is 0 Å². The number of benzene rings is 1. The Morgan fingerprint density at radius 1 is 1.33 bits per heavy atom. The molecule has 7 nitrogen and oxygen atoms in total. The summed E-state index contributed by atoms with van der Waals surface area (Å²) in [5.74, 6) is -0.342. The third-order valence-corrected chi connectivity index (χ3v) is 7.01. The normalized spacial score (nSPS) is 19.9. The molecule has 1 aromatic carbocycles. The second-order valence-electron chi connectivity index (χ2n) is 8.26. The van der Waals surface area contributed by atoms with E-state index in [1.165, 1.54) is 29.0 Å². The first-order valence-corrected chi connectivity index (χ1v) is 12.1. The summed E-state index contributed by atoms with van der Waals surface area (Å²) in [6.45, 7) is 1.67. The van der Waals surface area contributed by atoms with E-state index >= 15 is 0 Å². The van der Waals surface area contributed by atoms with E-state index in [9.17, 15) is 14.0 Å². The van der Waals surface area contributed by atoms with Crippen LogP contribution < -0.4 is 4.74 Å². The van der Waals surface area contributed by atoms with E-state index in [0.717, 1.165) is 24.8 Å². The topological polar surface area (TPSA) is 68.3 Å². The lowest BCUT2D eigenvalue weighted by Crippen LogP contribution is -2.49. The number of thiophene rings is 1. The minimum absolute atomic E-state index is 0.0437. The van der Waals surface area contributed by atoms with Gasteiger partial charge in [-0.05, 0) is 48.4 Å². The maximum Gasteiger partial charge on any atom is 0.249 e. The van der Waals surface area contributed by atoms with Crippen LogP contribution in [0.15, 0.2) is 35.7 Å². The third-order valence-electron chi connectivity index (χ3n) is 6.01. The molecule has 0 bridgehead atoms. The summed E-state index contributed by atoms with van der Waals surface area (Å²) in [7, 11) is 1.46. The van der Waals surface area contributed by atoms with E-state index in [4.69, 9.17) is 14.2 Å². The highest BCUT2D eigenvalue weighted by molar-refractivity contribution is 7.10. The van der Waals surface area contributed by atoms with E-state index in [1.807, 2.05) is 11.4 Å². The zero-order valence-corrected chi connectivity index (χ0v) is 19.5. The van der Waals surface area contributed by atoms with Crippen LogP contribution in [-0.2, 0) is 25.5 Å². The van der Waals surface area contributed by atoms with Crippen molar-refractivity contribution < 1.29 is 28.2 Å². The van der Waals surface area contributed by atoms with Crippen LogP contribution in [0.5, 0.6) is 5.75 Å². The van der Waals surface area contributed by atoms with Gasteiger partial charge in [0.25, 0.3) is 0 Å². The van der Waals surface area contributed by atoms with Gasteiger partial charge in [-0.3, -0.25) is 9.59 Å². The highest BCUT2D eigenvalue weighted by atomic mass is 32.1. The van der Waals surface area contributed by atoms with Crippen molar-refractivity contribution in [2.75, 3.05) is 46.6 Å². The molecule has 2 amide bonds. The number of amides is 2. The summed E-state index contributed by atoms with van der Waals surface area (Å²) < 4.78 is 30.2. The van der Waals surface area contributed by atoms with E-state index in [-0.39, 0.29) is 49.5 Å². The van der Waals surface area contributed by atoms with Crippen LogP contribution in [-0.4, -0.2) is 74.3 Å². The van der Waals surface area contributed by atoms with E-state index in [1.54, 1.807) is 28.4 Å². The van der Waals surface area contributed by atoms with E-state index < -0.39 is 0 Å². The Morgan fingerprint density at radius 3 is 2.97 bits per heavy atom. The zero-order chi connectivity index (χ0) is 23.2. The fourth-order valence-corrected chi connectivity index (χ4v) is 5.29. The molecule has 0 saturated carbocycles. The molecule has 2 aliphatic rings. The fraction of sp³-hybridized carbons (Fsp3) is 0.500. The monoisotopic (exact) mass is 476 g/mol. The smallest absolute Gasteiger partial charge is 0.249 e. The maximum atomic E-state index is 13.6. The second-order valence-corrected chi connectivity index (χ2v) is 9.26. The van der Waals surface area contributed by atoms with Crippen molar-refractivity contribution in [3.63, 3.8) is 0 Å². The molecule has 178 valence electrons. The van der Waals surface area contributed by atoms with Crippen LogP contribution in [0, 0.1) is 5.82 Å². The lowest BCUT2D eigenvalue weighted by atomic mass is 10.0. The molecule has 3 heterocycles. The summed E-state index contributed by atoms with van der Waals surface area (Å²) >= 11 is 1.66. The highest BCUT2D eigenvalue weighted by Gasteiger charge is 2.34. The first-order valence-electron chi connectivity index (χ1n) is 11.2. The van der Waals surface area contributed by atoms with Crippen molar-refractivity contribution in [2.45, 2.75) is 31.4 Å². The third kappa shape index (κ3) is 5.90. The molecule has 1 saturated heterocycles. The average Bonchev–Trinajstić information content (AvgIpc) is 3.49. The predicted molar refractivity (Wildman–Crippen MR) is 122 cm³/mol. The van der Waals surface area contributed by atoms with Gasteiger partial charge in [0.05, 0.1) is 18.7 Å². The van der Waals surface area contributed by atoms with Gasteiger partial charge in [-0.1, -0.05) is 6.07 Å². The molecule has 1 fully saturated rings. The van der Waals surface area contributed by atoms with Gasteiger partial charge in [0.15, 0.2) is 0 Å². The molecule has 0 spiro atoms. The van der Waals surface area contributed by atoms with E-state index in [0.29, 0.717) is 25.4 Å². The molecule has 33 heavy (non-hydrogen) atoms. The number of nitrogens with zero attached hydrogens (tertiary/aromatic N) is 2. The largest absolute Gasteiger partial charge is 0.491 e. The minimum Gasteiger partial charge on any atom is -0.491 e. The zero-order valence-electron chi connectivity index (χ0n) is 18.7. The number of hydrogen-bond acceptors (Lipinski definition) is 6. The number of ether oxygens (including phenoxy) is 3. The summed E-state index contributed by atoms with van der Waals surface area (Å²) in [6.07, 6.45) is 2.53. The number of halogens is 1. The molecule has 0 radical (unpaired) electrons. The van der Waals surface area contributed by atoms with Crippen LogP contribution in [0.25, 0.3) is 0 Å². The number of carbonyl (C=O) groups is 2. The molecule has 4 rings (SSSR count). The summed E-state index contributed by atoms with van der Waals surface area (Å²) in [6, 6.07) is 7.68. The van der Waals surface area contributed by atoms with Crippen LogP contribution in [0.3, 0.4) is 0 Å². The van der Waals surface area contributed by atoms with Crippen molar-refractivity contribution in [3.8, 4) is 5.75 Å². The van der Waals surface area contributed by atoms with Crippen LogP contribution in [0.4, 0.5) is 4.39 Å². The Bertz CT molecular complexity index is 962. The number of carbonyl (C=O) groups excluding carboxylic acids is 2. The minimum atomic E-state index is -0.373. The van der Waals surface area contributed by atoms with Gasteiger partial charge in [-0.15, -0.1) is 11.3 Å². The van der Waals surface area contributed by atoms with Gasteiger partial charge < -0.3 is 24.0 Å². The van der Waals surface area contributed by atoms with Crippen LogP contribution >= 0.6 is 11.3 Å². The Kier molecular flexibility index (Phi) is 7.95. The molecule has 0 unspecified atom stereocenters. The molecule has 2 atom stereocenters. The predicted octanol–water partition coefficient (Wildman–Crippen LogP) is 3.05. The summed E-state index contributed by atoms with van der Waals surface area (Å²) in [5, 5.41) is 2.01. The van der Waals surface area contributed by atoms with Crippen molar-refractivity contribution in [1.82, 2.24) is 9.80 Å². The quantitative estimate of drug-likeness (QED) is 0.557. The average molecular weight is 477 g/mol. The SMILES string of the molecule is COCC(=O)N(CC(=O)N1CCc2sccc2[C@H]1COc1cccc(F)c1)C[C@@H]1CCCO1. The molecule has 0 N–H and O–H groups in total. The van der Waals surface area contributed by atoms with Gasteiger partial charge in [0.2, 0.25) is 11.8 Å². The summed E-state index contributed by atoms with van der Waals surface area (Å²) in [5.41, 5.74) is 1.05. The number of hydrogen-bond donors (Lipinski definition) is 0. The first-order chi connectivity index (χ1) is 16.0. The van der Waals surface area contributed by atoms with Crippen LogP contribution in [0.1, 0.15) is 29.3 Å². The van der Waals surface area contributed by atoms with Gasteiger partial charge in [-0.2, -0.15) is 0 Å². The Balaban J connectivity index is 1.48.